The Bertz CT molecular complexity index is 1860. The normalized spacial score (nSPS) is 11.2. The molecule has 1 radical (unpaired) electrons. The zero-order chi connectivity index (χ0) is 31.0. The second kappa shape index (κ2) is 16.3. The summed E-state index contributed by atoms with van der Waals surface area (Å²) in [5.41, 5.74) is 0.371. The number of hydrogen-bond acceptors (Lipinski definition) is 19. The van der Waals surface area contributed by atoms with E-state index in [-0.39, 0.29) is 61.2 Å². The molecule has 0 bridgehead atoms. The summed E-state index contributed by atoms with van der Waals surface area (Å²) in [6, 6.07) is 10.5. The largest absolute Gasteiger partial charge is 0.506 e. The first kappa shape index (κ1) is 35.3. The van der Waals surface area contributed by atoms with Crippen molar-refractivity contribution in [2.75, 3.05) is 5.32 Å². The molecule has 0 amide bonds. The summed E-state index contributed by atoms with van der Waals surface area (Å²) in [6.07, 6.45) is 1.87. The maximum atomic E-state index is 11.0. The van der Waals surface area contributed by atoms with Crippen LogP contribution in [0.2, 0.25) is 5.28 Å². The molecule has 23 heteroatoms. The molecule has 235 valence electrons. The minimum absolute atomic E-state index is 0. The van der Waals surface area contributed by atoms with Gasteiger partial charge in [0.05, 0.1) is 29.0 Å². The van der Waals surface area contributed by atoms with Gasteiger partial charge in [0.25, 0.3) is 0 Å². The van der Waals surface area contributed by atoms with Gasteiger partial charge >= 0.3 is 10.4 Å². The Hall–Kier alpha value is -3.14. The van der Waals surface area contributed by atoms with Gasteiger partial charge in [0.1, 0.15) is 17.1 Å². The van der Waals surface area contributed by atoms with Crippen LogP contribution in [0.1, 0.15) is 0 Å². The van der Waals surface area contributed by atoms with Gasteiger partial charge in [0, 0.05) is 38.3 Å². The summed E-state index contributed by atoms with van der Waals surface area (Å²) in [4.78, 5) is 16.2. The number of hydrogen-bond donors (Lipinski definition) is 6. The number of aromatic nitrogens is 3. The van der Waals surface area contributed by atoms with Crippen molar-refractivity contribution >= 4 is 91.6 Å². The molecule has 3 aromatic carbocycles. The molecule has 0 aliphatic heterocycles. The third-order valence-electron chi connectivity index (χ3n) is 4.71. The number of azo groups is 1. The van der Waals surface area contributed by atoms with E-state index >= 15 is 0 Å². The topological polar surface area (TPSA) is 248 Å². The molecule has 4 rings (SSSR count). The van der Waals surface area contributed by atoms with E-state index in [1.807, 2.05) is 6.11 Å². The van der Waals surface area contributed by atoms with Crippen LogP contribution in [0.25, 0.3) is 10.8 Å². The summed E-state index contributed by atoms with van der Waals surface area (Å²) in [6.45, 7) is 0. The van der Waals surface area contributed by atoms with Crippen LogP contribution in [0.3, 0.4) is 0 Å². The SMILES string of the molecule is O=S(=O)(O)OOC#CSc1ccc(N=Nc2c(SOOO)cc3cc(Nc4nc(Cl)nc(SO)n4)ccc3c2O)c(O)c1.[Cu]. The average molecular weight is 753 g/mol. The maximum absolute atomic E-state index is 11.0. The molecule has 0 saturated heterocycles. The monoisotopic (exact) mass is 751 g/mol. The summed E-state index contributed by atoms with van der Waals surface area (Å²) < 4.78 is 46.5. The summed E-state index contributed by atoms with van der Waals surface area (Å²) >= 11 is 7.47. The molecule has 0 fully saturated rings. The van der Waals surface area contributed by atoms with E-state index in [1.54, 1.807) is 24.3 Å². The molecule has 0 unspecified atom stereocenters. The van der Waals surface area contributed by atoms with E-state index in [2.05, 4.69) is 54.3 Å². The second-order valence-electron chi connectivity index (χ2n) is 7.40. The van der Waals surface area contributed by atoms with Gasteiger partial charge in [-0.3, -0.25) is 9.44 Å². The molecular formula is C21H13ClCuN6O11S4. The molecule has 44 heavy (non-hydrogen) atoms. The van der Waals surface area contributed by atoms with Crippen molar-refractivity contribution < 1.29 is 68.7 Å². The van der Waals surface area contributed by atoms with Crippen molar-refractivity contribution in [1.29, 1.82) is 0 Å². The fourth-order valence-corrected chi connectivity index (χ4v) is 4.69. The van der Waals surface area contributed by atoms with Gasteiger partial charge in [-0.15, -0.1) is 14.6 Å². The van der Waals surface area contributed by atoms with Crippen molar-refractivity contribution in [2.45, 2.75) is 14.9 Å². The number of thioether (sulfide) groups is 1. The van der Waals surface area contributed by atoms with Crippen molar-refractivity contribution in [1.82, 2.24) is 15.0 Å². The Labute approximate surface area is 275 Å². The van der Waals surface area contributed by atoms with Crippen LogP contribution in [0.5, 0.6) is 11.5 Å². The zero-order valence-electron chi connectivity index (χ0n) is 20.8. The average Bonchev–Trinajstić information content (AvgIpc) is 2.95. The number of benzene rings is 3. The Kier molecular flexibility index (Phi) is 13.1. The van der Waals surface area contributed by atoms with E-state index in [0.717, 1.165) is 11.8 Å². The van der Waals surface area contributed by atoms with Gasteiger partial charge in [-0.25, -0.2) is 5.26 Å². The third kappa shape index (κ3) is 9.94. The minimum atomic E-state index is -4.82. The number of phenolic OH excluding ortho intramolecular Hbond substituents is 2. The smallest absolute Gasteiger partial charge is 0.433 e. The van der Waals surface area contributed by atoms with Crippen LogP contribution in [0.15, 0.2) is 67.6 Å². The molecule has 6 N–H and O–H groups in total. The number of aromatic hydroxyl groups is 2. The van der Waals surface area contributed by atoms with E-state index in [1.165, 1.54) is 18.2 Å². The Morgan fingerprint density at radius 1 is 1.05 bits per heavy atom. The van der Waals surface area contributed by atoms with Gasteiger partial charge in [-0.1, -0.05) is 5.04 Å². The third-order valence-corrected chi connectivity index (χ3v) is 6.76. The first-order chi connectivity index (χ1) is 20.6. The Morgan fingerprint density at radius 3 is 2.55 bits per heavy atom. The molecular weight excluding hydrogens is 740 g/mol. The molecule has 17 nitrogen and oxygen atoms in total. The van der Waals surface area contributed by atoms with E-state index in [9.17, 15) is 23.2 Å². The molecule has 1 aromatic heterocycles. The van der Waals surface area contributed by atoms with Gasteiger partial charge in [0.15, 0.2) is 11.9 Å². The standard InChI is InChI=1S/C21H13ClN6O11S4.Cu/c22-19-24-20(26-21(25-19)41-32)23-11-1-3-13-10(7-11)8-16(42-38-37-31)17(18(13)30)28-27-14-4-2-12(9-15(14)29)40-6-5-36-39-43(33,34)35;/h1-4,7-9,29-32H,(H,33,34,35)(H,23,24,25,26);. The van der Waals surface area contributed by atoms with Crippen LogP contribution < -0.4 is 5.32 Å². The fourth-order valence-electron chi connectivity index (χ4n) is 3.11. The number of halogens is 1. The number of anilines is 2. The van der Waals surface area contributed by atoms with Crippen LogP contribution in [0.4, 0.5) is 23.0 Å². The maximum Gasteiger partial charge on any atom is 0.433 e. The van der Waals surface area contributed by atoms with Crippen LogP contribution in [-0.2, 0) is 46.1 Å². The van der Waals surface area contributed by atoms with Crippen LogP contribution in [-0.4, -0.2) is 47.9 Å². The molecule has 4 aromatic rings. The summed E-state index contributed by atoms with van der Waals surface area (Å²) in [5, 5.41) is 47.6. The first-order valence-electron chi connectivity index (χ1n) is 10.7. The summed E-state index contributed by atoms with van der Waals surface area (Å²) in [7, 11) is -4.82. The molecule has 0 aliphatic carbocycles. The van der Waals surface area contributed by atoms with Crippen molar-refractivity contribution in [3.63, 3.8) is 0 Å². The number of nitrogens with zero attached hydrogens (tertiary/aromatic N) is 5. The molecule has 1 heterocycles. The van der Waals surface area contributed by atoms with Gasteiger partial charge in [-0.05, 0) is 75.5 Å². The Morgan fingerprint density at radius 2 is 1.84 bits per heavy atom. The zero-order valence-corrected chi connectivity index (χ0v) is 25.7. The minimum Gasteiger partial charge on any atom is -0.506 e. The quantitative estimate of drug-likeness (QED) is 0.0150. The Balaban J connectivity index is 0.00000529. The molecule has 0 spiro atoms. The fraction of sp³-hybridized carbons (Fsp3) is 0. The predicted octanol–water partition coefficient (Wildman–Crippen LogP) is 6.00. The number of fused-ring (bicyclic) bond motifs is 1. The molecule has 0 atom stereocenters. The van der Waals surface area contributed by atoms with Crippen molar-refractivity contribution in [3.8, 4) is 22.9 Å². The van der Waals surface area contributed by atoms with Gasteiger partial charge in [-0.2, -0.15) is 23.4 Å². The number of rotatable bonds is 11. The second-order valence-corrected chi connectivity index (χ2v) is 10.9. The molecule has 0 saturated carbocycles. The van der Waals surface area contributed by atoms with E-state index < -0.39 is 10.4 Å². The van der Waals surface area contributed by atoms with Crippen LogP contribution >= 0.6 is 47.4 Å². The van der Waals surface area contributed by atoms with Crippen LogP contribution in [0, 0.1) is 11.4 Å². The predicted molar refractivity (Wildman–Crippen MR) is 153 cm³/mol. The first-order valence-corrected chi connectivity index (χ1v) is 14.8. The van der Waals surface area contributed by atoms with Gasteiger partial charge in [0.2, 0.25) is 16.4 Å². The molecule has 0 aliphatic rings. The van der Waals surface area contributed by atoms with E-state index in [0.29, 0.717) is 45.4 Å². The summed E-state index contributed by atoms with van der Waals surface area (Å²) in [5.74, 6) is -0.604. The van der Waals surface area contributed by atoms with Gasteiger partial charge < -0.3 is 20.1 Å². The number of phenols is 2. The van der Waals surface area contributed by atoms with Crippen molar-refractivity contribution in [2.24, 2.45) is 10.2 Å². The number of nitrogens with one attached hydrogen (secondary N) is 1. The van der Waals surface area contributed by atoms with Crippen molar-refractivity contribution in [3.05, 3.63) is 47.7 Å². The van der Waals surface area contributed by atoms with E-state index in [4.69, 9.17) is 21.4 Å².